The zero-order valence-corrected chi connectivity index (χ0v) is 12.3. The molecule has 0 aliphatic rings. The third-order valence-corrected chi connectivity index (χ3v) is 3.49. The number of H-pyrrole nitrogens is 1. The van der Waals surface area contributed by atoms with E-state index in [2.05, 4.69) is 15.3 Å². The average Bonchev–Trinajstić information content (AvgIpc) is 2.97. The minimum absolute atomic E-state index is 0.0538. The van der Waals surface area contributed by atoms with E-state index in [1.165, 1.54) is 0 Å². The van der Waals surface area contributed by atoms with Crippen molar-refractivity contribution in [2.24, 2.45) is 5.73 Å². The average molecular weight is 294 g/mol. The van der Waals surface area contributed by atoms with Crippen molar-refractivity contribution in [3.05, 3.63) is 54.4 Å². The fourth-order valence-electron chi connectivity index (χ4n) is 2.35. The molecule has 3 rings (SSSR count). The number of carbonyl (C=O) groups excluding carboxylic acids is 1. The maximum absolute atomic E-state index is 12.0. The normalized spacial score (nSPS) is 12.3. The van der Waals surface area contributed by atoms with Gasteiger partial charge in [-0.25, -0.2) is 4.98 Å². The first kappa shape index (κ1) is 14.3. The van der Waals surface area contributed by atoms with E-state index in [1.54, 1.807) is 6.20 Å². The van der Waals surface area contributed by atoms with Crippen molar-refractivity contribution in [3.63, 3.8) is 0 Å². The van der Waals surface area contributed by atoms with Crippen LogP contribution in [0.25, 0.3) is 22.2 Å². The molecule has 5 nitrogen and oxygen atoms in total. The van der Waals surface area contributed by atoms with Gasteiger partial charge in [-0.3, -0.25) is 4.79 Å². The lowest BCUT2D eigenvalue weighted by molar-refractivity contribution is 0.0952. The van der Waals surface area contributed by atoms with Gasteiger partial charge in [0.25, 0.3) is 5.91 Å². The predicted molar refractivity (Wildman–Crippen MR) is 87.5 cm³/mol. The summed E-state index contributed by atoms with van der Waals surface area (Å²) in [7, 11) is 0. The van der Waals surface area contributed by atoms with Crippen molar-refractivity contribution >= 4 is 16.9 Å². The van der Waals surface area contributed by atoms with Crippen LogP contribution in [0.5, 0.6) is 0 Å². The van der Waals surface area contributed by atoms with Crippen LogP contribution in [0, 0.1) is 0 Å². The highest BCUT2D eigenvalue weighted by Crippen LogP contribution is 2.27. The van der Waals surface area contributed by atoms with Gasteiger partial charge in [-0.05, 0) is 36.8 Å². The van der Waals surface area contributed by atoms with Gasteiger partial charge >= 0.3 is 0 Å². The number of amides is 1. The number of aromatic nitrogens is 2. The topological polar surface area (TPSA) is 83.8 Å². The Labute approximate surface area is 128 Å². The van der Waals surface area contributed by atoms with E-state index >= 15 is 0 Å². The molecule has 1 amide bonds. The first-order valence-electron chi connectivity index (χ1n) is 7.21. The number of fused-ring (bicyclic) bond motifs is 1. The molecule has 0 bridgehead atoms. The molecule has 0 aliphatic heterocycles. The first-order valence-corrected chi connectivity index (χ1v) is 7.21. The molecular weight excluding hydrogens is 276 g/mol. The highest BCUT2D eigenvalue weighted by molar-refractivity contribution is 5.96. The van der Waals surface area contributed by atoms with Crippen LogP contribution in [-0.4, -0.2) is 28.5 Å². The summed E-state index contributed by atoms with van der Waals surface area (Å²) in [5, 5.41) is 3.87. The molecule has 1 atom stereocenters. The maximum Gasteiger partial charge on any atom is 0.251 e. The van der Waals surface area contributed by atoms with Gasteiger partial charge in [0.1, 0.15) is 5.65 Å². The quantitative estimate of drug-likeness (QED) is 0.690. The largest absolute Gasteiger partial charge is 0.350 e. The first-order chi connectivity index (χ1) is 10.6. The Morgan fingerprint density at radius 3 is 2.82 bits per heavy atom. The zero-order valence-electron chi connectivity index (χ0n) is 12.3. The van der Waals surface area contributed by atoms with E-state index in [0.717, 1.165) is 22.2 Å². The monoisotopic (exact) mass is 294 g/mol. The summed E-state index contributed by atoms with van der Waals surface area (Å²) in [6, 6.07) is 11.4. The van der Waals surface area contributed by atoms with Gasteiger partial charge in [0, 0.05) is 41.5 Å². The third kappa shape index (κ3) is 2.84. The number of hydrogen-bond acceptors (Lipinski definition) is 3. The van der Waals surface area contributed by atoms with E-state index in [1.807, 2.05) is 49.5 Å². The molecule has 112 valence electrons. The van der Waals surface area contributed by atoms with Crippen LogP contribution < -0.4 is 11.1 Å². The molecule has 5 heteroatoms. The number of pyridine rings is 1. The molecule has 1 unspecified atom stereocenters. The summed E-state index contributed by atoms with van der Waals surface area (Å²) in [5.41, 5.74) is 9.24. The molecule has 0 fully saturated rings. The SMILES string of the molecule is CC(N)CNC(=O)c1ccc(-c2c[nH]c3ncccc23)cc1. The second-order valence-electron chi connectivity index (χ2n) is 5.37. The van der Waals surface area contributed by atoms with Crippen LogP contribution in [0.15, 0.2) is 48.8 Å². The van der Waals surface area contributed by atoms with E-state index in [9.17, 15) is 4.79 Å². The molecule has 0 radical (unpaired) electrons. The van der Waals surface area contributed by atoms with Crippen LogP contribution >= 0.6 is 0 Å². The molecule has 1 aromatic carbocycles. The predicted octanol–water partition coefficient (Wildman–Crippen LogP) is 2.31. The molecule has 0 spiro atoms. The van der Waals surface area contributed by atoms with Gasteiger partial charge < -0.3 is 16.0 Å². The Balaban J connectivity index is 1.84. The lowest BCUT2D eigenvalue weighted by Crippen LogP contribution is -2.35. The molecule has 0 aliphatic carbocycles. The van der Waals surface area contributed by atoms with Gasteiger partial charge in [-0.2, -0.15) is 0 Å². The second-order valence-corrected chi connectivity index (χ2v) is 5.37. The summed E-state index contributed by atoms with van der Waals surface area (Å²) >= 11 is 0. The highest BCUT2D eigenvalue weighted by atomic mass is 16.1. The highest BCUT2D eigenvalue weighted by Gasteiger charge is 2.09. The fraction of sp³-hybridized carbons (Fsp3) is 0.176. The Morgan fingerprint density at radius 1 is 1.32 bits per heavy atom. The van der Waals surface area contributed by atoms with Crippen molar-refractivity contribution in [2.45, 2.75) is 13.0 Å². The van der Waals surface area contributed by atoms with Gasteiger partial charge in [-0.15, -0.1) is 0 Å². The standard InChI is InChI=1S/C17H18N4O/c1-11(18)9-21-17(22)13-6-4-12(5-7-13)15-10-20-16-14(15)3-2-8-19-16/h2-8,10-11H,9,18H2,1H3,(H,19,20)(H,21,22). The van der Waals surface area contributed by atoms with Crippen LogP contribution in [0.2, 0.25) is 0 Å². The zero-order chi connectivity index (χ0) is 15.5. The summed E-state index contributed by atoms with van der Waals surface area (Å²) in [6.45, 7) is 2.32. The lowest BCUT2D eigenvalue weighted by atomic mass is 10.0. The minimum atomic E-state index is -0.107. The molecule has 4 N–H and O–H groups in total. The van der Waals surface area contributed by atoms with Crippen molar-refractivity contribution in [1.82, 2.24) is 15.3 Å². The van der Waals surface area contributed by atoms with Gasteiger partial charge in [-0.1, -0.05) is 12.1 Å². The van der Waals surface area contributed by atoms with E-state index < -0.39 is 0 Å². The minimum Gasteiger partial charge on any atom is -0.350 e. The number of nitrogens with zero attached hydrogens (tertiary/aromatic N) is 1. The van der Waals surface area contributed by atoms with Crippen molar-refractivity contribution < 1.29 is 4.79 Å². The molecule has 0 saturated carbocycles. The van der Waals surface area contributed by atoms with Crippen LogP contribution in [0.1, 0.15) is 17.3 Å². The lowest BCUT2D eigenvalue weighted by Gasteiger charge is -2.08. The Hall–Kier alpha value is -2.66. The van der Waals surface area contributed by atoms with E-state index in [-0.39, 0.29) is 11.9 Å². The second kappa shape index (κ2) is 5.99. The maximum atomic E-state index is 12.0. The van der Waals surface area contributed by atoms with Crippen molar-refractivity contribution in [2.75, 3.05) is 6.54 Å². The Kier molecular flexibility index (Phi) is 3.89. The molecule has 3 aromatic rings. The number of nitrogens with two attached hydrogens (primary N) is 1. The van der Waals surface area contributed by atoms with Gasteiger partial charge in [0.05, 0.1) is 0 Å². The molecule has 0 saturated heterocycles. The Morgan fingerprint density at radius 2 is 2.09 bits per heavy atom. The number of carbonyl (C=O) groups is 1. The van der Waals surface area contributed by atoms with Crippen LogP contribution in [-0.2, 0) is 0 Å². The molecule has 22 heavy (non-hydrogen) atoms. The van der Waals surface area contributed by atoms with Crippen molar-refractivity contribution in [1.29, 1.82) is 0 Å². The summed E-state index contributed by atoms with van der Waals surface area (Å²) in [4.78, 5) is 19.4. The Bertz CT molecular complexity index is 790. The van der Waals surface area contributed by atoms with E-state index in [0.29, 0.717) is 12.1 Å². The summed E-state index contributed by atoms with van der Waals surface area (Å²) < 4.78 is 0. The smallest absolute Gasteiger partial charge is 0.251 e. The summed E-state index contributed by atoms with van der Waals surface area (Å²) in [6.07, 6.45) is 3.69. The third-order valence-electron chi connectivity index (χ3n) is 3.49. The van der Waals surface area contributed by atoms with Gasteiger partial charge in [0.15, 0.2) is 0 Å². The molecule has 2 heterocycles. The van der Waals surface area contributed by atoms with Gasteiger partial charge in [0.2, 0.25) is 0 Å². The number of rotatable bonds is 4. The molecule has 2 aromatic heterocycles. The number of hydrogen-bond donors (Lipinski definition) is 3. The number of benzene rings is 1. The number of aromatic amines is 1. The van der Waals surface area contributed by atoms with E-state index in [4.69, 9.17) is 5.73 Å². The fourth-order valence-corrected chi connectivity index (χ4v) is 2.35. The number of nitrogens with one attached hydrogen (secondary N) is 2. The summed E-state index contributed by atoms with van der Waals surface area (Å²) in [5.74, 6) is -0.107. The van der Waals surface area contributed by atoms with Crippen LogP contribution in [0.3, 0.4) is 0 Å². The molecular formula is C17H18N4O. The van der Waals surface area contributed by atoms with Crippen molar-refractivity contribution in [3.8, 4) is 11.1 Å². The van der Waals surface area contributed by atoms with Crippen LogP contribution in [0.4, 0.5) is 0 Å².